The monoisotopic (exact) mass is 315 g/mol. The van der Waals surface area contributed by atoms with Crippen LogP contribution in [-0.2, 0) is 0 Å². The van der Waals surface area contributed by atoms with Crippen molar-refractivity contribution in [3.8, 4) is 5.75 Å². The first kappa shape index (κ1) is 15.0. The van der Waals surface area contributed by atoms with Crippen molar-refractivity contribution < 1.29 is 23.7 Å². The Morgan fingerprint density at radius 1 is 1.09 bits per heavy atom. The fraction of sp³-hybridized carbons (Fsp3) is 0. The molecule has 2 rings (SSSR count). The van der Waals surface area contributed by atoms with Gasteiger partial charge in [-0.1, -0.05) is 0 Å². The lowest BCUT2D eigenvalue weighted by Gasteiger charge is -1.98. The third kappa shape index (κ3) is 2.02. The Bertz CT molecular complexity index is 969. The van der Waals surface area contributed by atoms with Crippen LogP contribution < -0.4 is 11.0 Å². The van der Waals surface area contributed by atoms with Crippen molar-refractivity contribution in [2.45, 2.75) is 0 Å². The summed E-state index contributed by atoms with van der Waals surface area (Å²) in [7, 11) is 0. The molecular weight excluding hydrogens is 312 g/mol. The second-order valence-corrected chi connectivity index (χ2v) is 3.94. The molecule has 1 aromatic heterocycles. The number of nitro groups is 2. The first-order chi connectivity index (χ1) is 10.2. The summed E-state index contributed by atoms with van der Waals surface area (Å²) < 4.78 is 26.9. The fourth-order valence-electron chi connectivity index (χ4n) is 1.80. The normalized spacial score (nSPS) is 10.6. The highest BCUT2D eigenvalue weighted by molar-refractivity contribution is 5.89. The quantitative estimate of drug-likeness (QED) is 0.609. The van der Waals surface area contributed by atoms with Crippen LogP contribution in [0, 0.1) is 31.9 Å². The smallest absolute Gasteiger partial charge is 0.364 e. The number of hydrogen-bond donors (Lipinski definition) is 2. The molecule has 0 radical (unpaired) electrons. The van der Waals surface area contributed by atoms with Gasteiger partial charge in [0.25, 0.3) is 16.7 Å². The van der Waals surface area contributed by atoms with Crippen molar-refractivity contribution in [3.63, 3.8) is 0 Å². The lowest BCUT2D eigenvalue weighted by molar-refractivity contribution is -0.388. The maximum absolute atomic E-state index is 13.5. The summed E-state index contributed by atoms with van der Waals surface area (Å²) in [6.07, 6.45) is 0. The number of benzene rings is 1. The van der Waals surface area contributed by atoms with Gasteiger partial charge in [-0.3, -0.25) is 29.8 Å². The van der Waals surface area contributed by atoms with Gasteiger partial charge < -0.3 is 10.1 Å². The lowest BCUT2D eigenvalue weighted by atomic mass is 10.1. The number of aromatic hydroxyl groups is 1. The number of halogens is 2. The van der Waals surface area contributed by atoms with E-state index in [1.54, 1.807) is 4.98 Å². The van der Waals surface area contributed by atoms with Crippen LogP contribution in [0.15, 0.2) is 15.7 Å². The zero-order chi connectivity index (χ0) is 16.8. The Kier molecular flexibility index (Phi) is 3.29. The van der Waals surface area contributed by atoms with E-state index in [0.717, 1.165) is 0 Å². The van der Waals surface area contributed by atoms with E-state index in [-0.39, 0.29) is 6.07 Å². The molecule has 2 aromatic rings. The van der Waals surface area contributed by atoms with E-state index >= 15 is 0 Å². The summed E-state index contributed by atoms with van der Waals surface area (Å²) in [6.45, 7) is 0. The van der Waals surface area contributed by atoms with Crippen LogP contribution in [-0.4, -0.2) is 19.9 Å². The highest BCUT2D eigenvalue weighted by Crippen LogP contribution is 2.29. The summed E-state index contributed by atoms with van der Waals surface area (Å²) in [5, 5.41) is 29.7. The van der Waals surface area contributed by atoms with Gasteiger partial charge in [0.15, 0.2) is 5.82 Å². The Labute approximate surface area is 116 Å². The molecule has 0 fully saturated rings. The topological polar surface area (TPSA) is 156 Å². The molecule has 22 heavy (non-hydrogen) atoms. The number of rotatable bonds is 2. The van der Waals surface area contributed by atoms with Gasteiger partial charge in [-0.2, -0.15) is 4.39 Å². The summed E-state index contributed by atoms with van der Waals surface area (Å²) in [4.78, 5) is 43.8. The number of aromatic nitrogens is 1. The fourth-order valence-corrected chi connectivity index (χ4v) is 1.80. The third-order valence-electron chi connectivity index (χ3n) is 2.69. The minimum atomic E-state index is -2.03. The maximum Gasteiger partial charge on any atom is 0.364 e. The first-order valence-electron chi connectivity index (χ1n) is 5.26. The van der Waals surface area contributed by atoms with E-state index in [9.17, 15) is 43.7 Å². The van der Waals surface area contributed by atoms with Gasteiger partial charge in [-0.25, -0.2) is 4.39 Å². The minimum absolute atomic E-state index is 0.240. The highest BCUT2D eigenvalue weighted by Gasteiger charge is 2.31. The van der Waals surface area contributed by atoms with E-state index in [2.05, 4.69) is 0 Å². The van der Waals surface area contributed by atoms with E-state index in [1.807, 2.05) is 0 Å². The van der Waals surface area contributed by atoms with Crippen LogP contribution in [0.5, 0.6) is 5.75 Å². The van der Waals surface area contributed by atoms with Gasteiger partial charge in [-0.15, -0.1) is 0 Å². The van der Waals surface area contributed by atoms with E-state index < -0.39 is 60.5 Å². The number of nitro benzene ring substituents is 1. The molecule has 0 atom stereocenters. The molecule has 2 N–H and O–H groups in total. The molecule has 0 aliphatic rings. The SMILES string of the molecule is O=c1[nH]c2cc(F)c(F)c([N+](=O)[O-])c2c(=O)c([N+](=O)[O-])c1O. The van der Waals surface area contributed by atoms with E-state index in [0.29, 0.717) is 0 Å². The maximum atomic E-state index is 13.5. The molecule has 0 amide bonds. The van der Waals surface area contributed by atoms with E-state index in [1.165, 1.54) is 0 Å². The largest absolute Gasteiger partial charge is 0.498 e. The number of aromatic amines is 1. The average Bonchev–Trinajstić information content (AvgIpc) is 2.48. The van der Waals surface area contributed by atoms with Crippen molar-refractivity contribution in [1.29, 1.82) is 0 Å². The first-order valence-corrected chi connectivity index (χ1v) is 5.26. The molecule has 0 aliphatic carbocycles. The highest BCUT2D eigenvalue weighted by atomic mass is 19.2. The lowest BCUT2D eigenvalue weighted by Crippen LogP contribution is -2.10. The predicted molar refractivity (Wildman–Crippen MR) is 65.7 cm³/mol. The van der Waals surface area contributed by atoms with Gasteiger partial charge in [0.05, 0.1) is 15.4 Å². The number of nitrogens with one attached hydrogen (secondary N) is 1. The molecule has 114 valence electrons. The molecule has 0 bridgehead atoms. The standard InChI is InChI=1S/C10H3F2N3O7/c11-2-1-3-4(6(5(2)12)14(19)20)8(16)7(15(21)22)9(17)10(18)13-3/h1,17H,(H,13,18). The summed E-state index contributed by atoms with van der Waals surface area (Å²) in [5.74, 6) is -5.43. The van der Waals surface area contributed by atoms with Gasteiger partial charge in [-0.05, 0) is 0 Å². The zero-order valence-corrected chi connectivity index (χ0v) is 10.1. The van der Waals surface area contributed by atoms with Crippen LogP contribution in [0.25, 0.3) is 10.9 Å². The molecule has 0 unspecified atom stereocenters. The Morgan fingerprint density at radius 3 is 2.14 bits per heavy atom. The Hall–Kier alpha value is -3.44. The molecule has 1 aromatic carbocycles. The van der Waals surface area contributed by atoms with Gasteiger partial charge >= 0.3 is 11.4 Å². The molecule has 0 saturated heterocycles. The number of hydrogen-bond acceptors (Lipinski definition) is 7. The minimum Gasteiger partial charge on any atom is -0.498 e. The molecule has 12 heteroatoms. The Morgan fingerprint density at radius 2 is 1.64 bits per heavy atom. The molecule has 0 spiro atoms. The predicted octanol–water partition coefficient (Wildman–Crippen LogP) is 0.688. The number of fused-ring (bicyclic) bond motifs is 1. The summed E-state index contributed by atoms with van der Waals surface area (Å²) >= 11 is 0. The molecular formula is C10H3F2N3O7. The molecule has 0 aliphatic heterocycles. The van der Waals surface area contributed by atoms with Gasteiger partial charge in [0, 0.05) is 6.07 Å². The second-order valence-electron chi connectivity index (χ2n) is 3.94. The molecule has 0 saturated carbocycles. The second kappa shape index (κ2) is 4.83. The van der Waals surface area contributed by atoms with Crippen LogP contribution in [0.3, 0.4) is 0 Å². The van der Waals surface area contributed by atoms with Gasteiger partial charge in [0.2, 0.25) is 5.82 Å². The van der Waals surface area contributed by atoms with Crippen LogP contribution in [0.2, 0.25) is 0 Å². The van der Waals surface area contributed by atoms with Crippen molar-refractivity contribution in [2.75, 3.05) is 0 Å². The van der Waals surface area contributed by atoms with Gasteiger partial charge in [0.1, 0.15) is 5.39 Å². The summed E-state index contributed by atoms with van der Waals surface area (Å²) in [6, 6.07) is 0.240. The molecule has 1 heterocycles. The van der Waals surface area contributed by atoms with Crippen molar-refractivity contribution in [1.82, 2.24) is 4.98 Å². The molecule has 10 nitrogen and oxygen atoms in total. The van der Waals surface area contributed by atoms with Crippen molar-refractivity contribution >= 4 is 22.3 Å². The van der Waals surface area contributed by atoms with Crippen molar-refractivity contribution in [2.24, 2.45) is 0 Å². The van der Waals surface area contributed by atoms with Crippen LogP contribution in [0.1, 0.15) is 0 Å². The number of H-pyrrole nitrogens is 1. The van der Waals surface area contributed by atoms with E-state index in [4.69, 9.17) is 0 Å². The van der Waals surface area contributed by atoms with Crippen LogP contribution >= 0.6 is 0 Å². The third-order valence-corrected chi connectivity index (χ3v) is 2.69. The Balaban J connectivity index is 3.34. The zero-order valence-electron chi connectivity index (χ0n) is 10.1. The average molecular weight is 315 g/mol. The van der Waals surface area contributed by atoms with Crippen molar-refractivity contribution in [3.05, 3.63) is 58.5 Å². The number of nitrogens with zero attached hydrogens (tertiary/aromatic N) is 2. The summed E-state index contributed by atoms with van der Waals surface area (Å²) in [5.41, 5.74) is -7.62. The van der Waals surface area contributed by atoms with Crippen LogP contribution in [0.4, 0.5) is 20.2 Å².